The van der Waals surface area contributed by atoms with Crippen LogP contribution < -0.4 is 10.5 Å². The minimum atomic E-state index is -2.95. The third kappa shape index (κ3) is 5.11. The van der Waals surface area contributed by atoms with Gasteiger partial charge in [0.05, 0.1) is 6.20 Å². The Labute approximate surface area is 171 Å². The smallest absolute Gasteiger partial charge is 0.387 e. The lowest BCUT2D eigenvalue weighted by molar-refractivity contribution is -0.121. The Balaban J connectivity index is 2.02. The standard InChI is InChI=1S/C21H19F3N4O2/c1-26-20(29)13-5-7-16(17(10-13)28-18-8-6-14(22)11-27-18)19(25)12-3-2-4-15(9-12)30-21(23)24/h2-4,6,8-9,11,13,21H,1,5,7,10,25H2. The molecule has 6 nitrogen and oxygen atoms in total. The molecule has 1 aliphatic rings. The highest BCUT2D eigenvalue weighted by atomic mass is 19.3. The van der Waals surface area contributed by atoms with E-state index < -0.39 is 18.3 Å². The molecule has 1 saturated carbocycles. The summed E-state index contributed by atoms with van der Waals surface area (Å²) in [6.45, 7) is 0.329. The van der Waals surface area contributed by atoms with Gasteiger partial charge in [-0.05, 0) is 49.4 Å². The molecule has 3 rings (SSSR count). The minimum Gasteiger partial charge on any atom is -0.435 e. The maximum atomic E-state index is 13.2. The van der Waals surface area contributed by atoms with Crippen LogP contribution in [0.3, 0.4) is 0 Å². The molecule has 0 aliphatic heterocycles. The summed E-state index contributed by atoms with van der Waals surface area (Å²) in [5, 5.41) is 0. The molecule has 1 fully saturated rings. The molecular weight excluding hydrogens is 397 g/mol. The zero-order valence-electron chi connectivity index (χ0n) is 15.9. The molecule has 1 heterocycles. The zero-order chi connectivity index (χ0) is 21.7. The van der Waals surface area contributed by atoms with Crippen molar-refractivity contribution >= 4 is 29.9 Å². The topological polar surface area (TPSA) is 89.9 Å². The van der Waals surface area contributed by atoms with E-state index in [-0.39, 0.29) is 23.9 Å². The molecule has 0 spiro atoms. The number of alkyl halides is 2. The van der Waals surface area contributed by atoms with Crippen molar-refractivity contribution in [3.8, 4) is 5.75 Å². The molecule has 156 valence electrons. The lowest BCUT2D eigenvalue weighted by atomic mass is 9.82. The van der Waals surface area contributed by atoms with Crippen molar-refractivity contribution in [1.82, 2.24) is 4.98 Å². The second-order valence-electron chi connectivity index (χ2n) is 6.63. The van der Waals surface area contributed by atoms with E-state index in [0.29, 0.717) is 35.4 Å². The average Bonchev–Trinajstić information content (AvgIpc) is 2.74. The number of amides is 1. The fourth-order valence-corrected chi connectivity index (χ4v) is 3.25. The fourth-order valence-electron chi connectivity index (χ4n) is 3.25. The number of carbonyl (C=O) groups excluding carboxylic acids is 1. The first kappa shape index (κ1) is 21.2. The number of carbonyl (C=O) groups is 1. The molecule has 1 unspecified atom stereocenters. The highest BCUT2D eigenvalue weighted by Crippen LogP contribution is 2.33. The van der Waals surface area contributed by atoms with Gasteiger partial charge >= 0.3 is 6.61 Å². The number of hydrogen-bond donors (Lipinski definition) is 1. The third-order valence-electron chi connectivity index (χ3n) is 4.69. The van der Waals surface area contributed by atoms with Crippen molar-refractivity contribution in [3.05, 3.63) is 59.5 Å². The number of pyridine rings is 1. The van der Waals surface area contributed by atoms with Crippen LogP contribution in [0.1, 0.15) is 24.8 Å². The number of halogens is 3. The van der Waals surface area contributed by atoms with E-state index >= 15 is 0 Å². The Hall–Kier alpha value is -3.49. The molecule has 1 amide bonds. The number of hydrogen-bond acceptors (Lipinski definition) is 5. The Kier molecular flexibility index (Phi) is 6.61. The van der Waals surface area contributed by atoms with Gasteiger partial charge in [0.15, 0.2) is 5.82 Å². The van der Waals surface area contributed by atoms with Gasteiger partial charge in [-0.1, -0.05) is 12.1 Å². The second kappa shape index (κ2) is 9.34. The van der Waals surface area contributed by atoms with Gasteiger partial charge in [0, 0.05) is 29.3 Å². The molecule has 0 radical (unpaired) electrons. The van der Waals surface area contributed by atoms with Gasteiger partial charge in [-0.2, -0.15) is 8.78 Å². The van der Waals surface area contributed by atoms with E-state index in [2.05, 4.69) is 26.4 Å². The summed E-state index contributed by atoms with van der Waals surface area (Å²) in [5.74, 6) is -1.03. The van der Waals surface area contributed by atoms with Gasteiger partial charge in [-0.3, -0.25) is 4.79 Å². The van der Waals surface area contributed by atoms with Crippen LogP contribution in [-0.4, -0.2) is 29.9 Å². The number of nitrogens with two attached hydrogens (primary N) is 1. The summed E-state index contributed by atoms with van der Waals surface area (Å²) in [7, 11) is 0. The van der Waals surface area contributed by atoms with E-state index in [1.807, 2.05) is 0 Å². The van der Waals surface area contributed by atoms with Crippen molar-refractivity contribution in [2.75, 3.05) is 0 Å². The van der Waals surface area contributed by atoms with Gasteiger partial charge < -0.3 is 10.5 Å². The van der Waals surface area contributed by atoms with Crippen molar-refractivity contribution in [2.24, 2.45) is 21.6 Å². The zero-order valence-corrected chi connectivity index (χ0v) is 15.9. The molecule has 1 atom stereocenters. The van der Waals surface area contributed by atoms with Crippen molar-refractivity contribution in [2.45, 2.75) is 25.9 Å². The monoisotopic (exact) mass is 416 g/mol. The molecule has 0 bridgehead atoms. The summed E-state index contributed by atoms with van der Waals surface area (Å²) in [4.78, 5) is 23.9. The van der Waals surface area contributed by atoms with Crippen LogP contribution in [0.4, 0.5) is 19.0 Å². The normalized spacial score (nSPS) is 19.6. The average molecular weight is 416 g/mol. The fraction of sp³-hybridized carbons (Fsp3) is 0.238. The first-order chi connectivity index (χ1) is 14.4. The Morgan fingerprint density at radius 2 is 2.10 bits per heavy atom. The van der Waals surface area contributed by atoms with Crippen LogP contribution in [0, 0.1) is 11.7 Å². The lowest BCUT2D eigenvalue weighted by Gasteiger charge is -2.25. The highest BCUT2D eigenvalue weighted by Gasteiger charge is 2.29. The van der Waals surface area contributed by atoms with Gasteiger partial charge in [0.25, 0.3) is 0 Å². The summed E-state index contributed by atoms with van der Waals surface area (Å²) < 4.78 is 42.7. The van der Waals surface area contributed by atoms with Gasteiger partial charge in [0.2, 0.25) is 5.91 Å². The quantitative estimate of drug-likeness (QED) is 0.736. The van der Waals surface area contributed by atoms with Crippen molar-refractivity contribution < 1.29 is 22.7 Å². The van der Waals surface area contributed by atoms with Crippen LogP contribution in [0.5, 0.6) is 5.75 Å². The molecule has 2 aromatic rings. The minimum absolute atomic E-state index is 0.0236. The molecule has 30 heavy (non-hydrogen) atoms. The van der Waals surface area contributed by atoms with E-state index in [0.717, 1.165) is 6.20 Å². The number of rotatable bonds is 5. The summed E-state index contributed by atoms with van der Waals surface area (Å²) >= 11 is 0. The predicted molar refractivity (Wildman–Crippen MR) is 107 cm³/mol. The van der Waals surface area contributed by atoms with E-state index in [1.165, 1.54) is 24.3 Å². The molecular formula is C21H19F3N4O2. The number of aromatic nitrogens is 1. The Morgan fingerprint density at radius 1 is 1.30 bits per heavy atom. The summed E-state index contributed by atoms with van der Waals surface area (Å²) in [6.07, 6.45) is 2.18. The molecule has 1 aliphatic carbocycles. The lowest BCUT2D eigenvalue weighted by Crippen LogP contribution is -2.25. The number of aliphatic imine (C=N–C) groups is 2. The maximum absolute atomic E-state index is 13.2. The first-order valence-electron chi connectivity index (χ1n) is 9.11. The predicted octanol–water partition coefficient (Wildman–Crippen LogP) is 4.29. The van der Waals surface area contributed by atoms with Crippen LogP contribution in [0.25, 0.3) is 5.70 Å². The first-order valence-corrected chi connectivity index (χ1v) is 9.11. The summed E-state index contributed by atoms with van der Waals surface area (Å²) in [5.41, 5.74) is 8.31. The number of nitrogens with zero attached hydrogens (tertiary/aromatic N) is 3. The molecule has 2 N–H and O–H groups in total. The van der Waals surface area contributed by atoms with Crippen LogP contribution >= 0.6 is 0 Å². The Morgan fingerprint density at radius 3 is 2.77 bits per heavy atom. The summed E-state index contributed by atoms with van der Waals surface area (Å²) in [6, 6.07) is 8.65. The molecule has 9 heteroatoms. The number of ether oxygens (including phenoxy) is 1. The Bertz CT molecular complexity index is 1000. The number of benzene rings is 1. The molecule has 1 aromatic carbocycles. The van der Waals surface area contributed by atoms with Crippen LogP contribution in [0.2, 0.25) is 0 Å². The third-order valence-corrected chi connectivity index (χ3v) is 4.69. The van der Waals surface area contributed by atoms with E-state index in [1.54, 1.807) is 12.1 Å². The highest BCUT2D eigenvalue weighted by molar-refractivity contribution is 6.09. The van der Waals surface area contributed by atoms with Gasteiger partial charge in [0.1, 0.15) is 11.6 Å². The number of allylic oxidation sites excluding steroid dienone is 1. The van der Waals surface area contributed by atoms with E-state index in [4.69, 9.17) is 5.73 Å². The van der Waals surface area contributed by atoms with Crippen LogP contribution in [0.15, 0.2) is 58.2 Å². The van der Waals surface area contributed by atoms with Gasteiger partial charge in [-0.15, -0.1) is 0 Å². The SMILES string of the molecule is C=NC(=O)C1CCC(=C(N)c2cccc(OC(F)F)c2)C(=Nc2ccc(F)cn2)C1. The maximum Gasteiger partial charge on any atom is 0.387 e. The largest absolute Gasteiger partial charge is 0.435 e. The van der Waals surface area contributed by atoms with E-state index in [9.17, 15) is 18.0 Å². The molecule has 1 aromatic heterocycles. The van der Waals surface area contributed by atoms with Gasteiger partial charge in [-0.25, -0.2) is 19.4 Å². The second-order valence-corrected chi connectivity index (χ2v) is 6.63. The van der Waals surface area contributed by atoms with Crippen molar-refractivity contribution in [3.63, 3.8) is 0 Å². The van der Waals surface area contributed by atoms with Crippen molar-refractivity contribution in [1.29, 1.82) is 0 Å². The molecule has 0 saturated heterocycles. The van der Waals surface area contributed by atoms with Crippen LogP contribution in [-0.2, 0) is 4.79 Å².